The van der Waals surface area contributed by atoms with Crippen LogP contribution in [0.5, 0.6) is 0 Å². The lowest BCUT2D eigenvalue weighted by atomic mass is 9.64. The first-order valence-electron chi connectivity index (χ1n) is 11.6. The van der Waals surface area contributed by atoms with Crippen LogP contribution in [-0.4, -0.2) is 28.6 Å². The van der Waals surface area contributed by atoms with Gasteiger partial charge in [0.2, 0.25) is 0 Å². The van der Waals surface area contributed by atoms with Gasteiger partial charge >= 0.3 is 0 Å². The molecule has 2 bridgehead atoms. The average molecular weight is 366 g/mol. The first-order valence-corrected chi connectivity index (χ1v) is 12.7. The third-order valence-electron chi connectivity index (χ3n) is 7.59. The first kappa shape index (κ1) is 20.1. The van der Waals surface area contributed by atoms with Crippen molar-refractivity contribution in [1.29, 1.82) is 0 Å². The van der Waals surface area contributed by atoms with Crippen molar-refractivity contribution in [2.75, 3.05) is 12.3 Å². The molecule has 2 saturated carbocycles. The molecule has 0 amide bonds. The normalized spacial score (nSPS) is 39.8. The Hall–Kier alpha value is 0.310. The number of thioether (sulfide) groups is 1. The molecule has 2 unspecified atom stereocenters. The van der Waals surface area contributed by atoms with Crippen molar-refractivity contribution in [3.63, 3.8) is 0 Å². The lowest BCUT2D eigenvalue weighted by molar-refractivity contribution is 0.0400. The van der Waals surface area contributed by atoms with Crippen molar-refractivity contribution < 1.29 is 0 Å². The number of hydrogen-bond acceptors (Lipinski definition) is 2. The van der Waals surface area contributed by atoms with E-state index in [1.54, 1.807) is 0 Å². The smallest absolute Gasteiger partial charge is 0.0531 e. The molecule has 3 rings (SSSR count). The fraction of sp³-hybridized carbons (Fsp3) is 1.00. The van der Waals surface area contributed by atoms with Gasteiger partial charge in [-0.2, -0.15) is 0 Å². The van der Waals surface area contributed by atoms with Crippen molar-refractivity contribution in [2.24, 2.45) is 17.8 Å². The first-order chi connectivity index (χ1) is 12.3. The minimum absolute atomic E-state index is 0.721. The highest BCUT2D eigenvalue weighted by molar-refractivity contribution is 7.99. The Labute approximate surface area is 162 Å². The Bertz CT molecular complexity index is 331. The van der Waals surface area contributed by atoms with Gasteiger partial charge in [0.25, 0.3) is 0 Å². The van der Waals surface area contributed by atoms with Crippen molar-refractivity contribution in [3.05, 3.63) is 0 Å². The number of rotatable bonds is 2. The molecule has 0 radical (unpaired) electrons. The minimum atomic E-state index is 0.721. The predicted molar refractivity (Wildman–Crippen MR) is 113 cm³/mol. The standard InChI is InChI=1S/C23H43NS/c1-19-12-8-6-4-3-5-7-9-17-25-20(2)24(19)18-23-21-13-10-14-22(23)16-11-15-21/h19-23H,3-18H2,1-2H3. The molecule has 1 aliphatic heterocycles. The molecule has 1 nitrogen and oxygen atoms in total. The third-order valence-corrected chi connectivity index (χ3v) is 8.87. The van der Waals surface area contributed by atoms with E-state index in [0.29, 0.717) is 0 Å². The molecule has 0 N–H and O–H groups in total. The molecule has 1 heterocycles. The van der Waals surface area contributed by atoms with Crippen LogP contribution in [0.15, 0.2) is 0 Å². The molecular weight excluding hydrogens is 322 g/mol. The number of nitrogens with zero attached hydrogens (tertiary/aromatic N) is 1. The second-order valence-electron chi connectivity index (χ2n) is 9.33. The van der Waals surface area contributed by atoms with Crippen LogP contribution in [0.1, 0.15) is 104 Å². The van der Waals surface area contributed by atoms with Crippen LogP contribution in [0.3, 0.4) is 0 Å². The second-order valence-corrected chi connectivity index (χ2v) is 10.7. The maximum Gasteiger partial charge on any atom is 0.0531 e. The quantitative estimate of drug-likeness (QED) is 0.513. The lowest BCUT2D eigenvalue weighted by Crippen LogP contribution is -2.47. The van der Waals surface area contributed by atoms with Gasteiger partial charge in [-0.1, -0.05) is 77.0 Å². The zero-order chi connectivity index (χ0) is 17.5. The van der Waals surface area contributed by atoms with Crippen LogP contribution in [-0.2, 0) is 0 Å². The van der Waals surface area contributed by atoms with Crippen molar-refractivity contribution in [1.82, 2.24) is 4.90 Å². The van der Waals surface area contributed by atoms with E-state index in [0.717, 1.165) is 29.2 Å². The molecule has 2 heteroatoms. The van der Waals surface area contributed by atoms with Crippen LogP contribution in [0.4, 0.5) is 0 Å². The summed E-state index contributed by atoms with van der Waals surface area (Å²) in [6.45, 7) is 6.46. The van der Waals surface area contributed by atoms with Crippen LogP contribution in [0.25, 0.3) is 0 Å². The van der Waals surface area contributed by atoms with E-state index in [2.05, 4.69) is 30.5 Å². The molecule has 2 atom stereocenters. The number of fused-ring (bicyclic) bond motifs is 2. The molecular formula is C23H43NS. The molecule has 0 aromatic heterocycles. The Kier molecular flexibility index (Phi) is 8.50. The molecule has 0 aromatic carbocycles. The zero-order valence-corrected chi connectivity index (χ0v) is 17.9. The fourth-order valence-corrected chi connectivity index (χ4v) is 7.18. The predicted octanol–water partition coefficient (Wildman–Crippen LogP) is 7.11. The summed E-state index contributed by atoms with van der Waals surface area (Å²) in [5.41, 5.74) is 0. The topological polar surface area (TPSA) is 3.24 Å². The monoisotopic (exact) mass is 365 g/mol. The van der Waals surface area contributed by atoms with E-state index in [1.807, 2.05) is 0 Å². The molecule has 146 valence electrons. The van der Waals surface area contributed by atoms with Crippen molar-refractivity contribution >= 4 is 11.8 Å². The largest absolute Gasteiger partial charge is 0.289 e. The Morgan fingerprint density at radius 2 is 1.24 bits per heavy atom. The summed E-state index contributed by atoms with van der Waals surface area (Å²) in [4.78, 5) is 2.95. The summed E-state index contributed by atoms with van der Waals surface area (Å²) in [7, 11) is 0. The van der Waals surface area contributed by atoms with Crippen molar-refractivity contribution in [2.45, 2.75) is 115 Å². The molecule has 3 aliphatic rings. The summed E-state index contributed by atoms with van der Waals surface area (Å²) in [5, 5.41) is 0.721. The molecule has 2 aliphatic carbocycles. The van der Waals surface area contributed by atoms with Gasteiger partial charge < -0.3 is 0 Å². The summed E-state index contributed by atoms with van der Waals surface area (Å²) in [6.07, 6.45) is 20.8. The van der Waals surface area contributed by atoms with Gasteiger partial charge in [0.15, 0.2) is 0 Å². The Balaban J connectivity index is 1.63. The molecule has 1 saturated heterocycles. The molecule has 25 heavy (non-hydrogen) atoms. The Morgan fingerprint density at radius 1 is 0.680 bits per heavy atom. The zero-order valence-electron chi connectivity index (χ0n) is 17.1. The van der Waals surface area contributed by atoms with E-state index in [9.17, 15) is 0 Å². The van der Waals surface area contributed by atoms with E-state index >= 15 is 0 Å². The van der Waals surface area contributed by atoms with Crippen LogP contribution in [0, 0.1) is 17.8 Å². The molecule has 3 fully saturated rings. The van der Waals surface area contributed by atoms with E-state index in [4.69, 9.17) is 0 Å². The summed E-state index contributed by atoms with van der Waals surface area (Å²) in [6, 6.07) is 0.783. The van der Waals surface area contributed by atoms with Gasteiger partial charge in [0.1, 0.15) is 0 Å². The van der Waals surface area contributed by atoms with Gasteiger partial charge in [-0.15, -0.1) is 11.8 Å². The minimum Gasteiger partial charge on any atom is -0.289 e. The highest BCUT2D eigenvalue weighted by atomic mass is 32.2. The van der Waals surface area contributed by atoms with E-state index < -0.39 is 0 Å². The van der Waals surface area contributed by atoms with Gasteiger partial charge in [-0.25, -0.2) is 0 Å². The fourth-order valence-electron chi connectivity index (χ4n) is 5.98. The van der Waals surface area contributed by atoms with Crippen LogP contribution >= 0.6 is 11.8 Å². The highest BCUT2D eigenvalue weighted by Gasteiger charge is 2.38. The summed E-state index contributed by atoms with van der Waals surface area (Å²) >= 11 is 2.25. The maximum absolute atomic E-state index is 2.95. The third kappa shape index (κ3) is 5.89. The van der Waals surface area contributed by atoms with E-state index in [-0.39, 0.29) is 0 Å². The van der Waals surface area contributed by atoms with Crippen molar-refractivity contribution in [3.8, 4) is 0 Å². The summed E-state index contributed by atoms with van der Waals surface area (Å²) in [5.74, 6) is 4.51. The highest BCUT2D eigenvalue weighted by Crippen LogP contribution is 2.45. The van der Waals surface area contributed by atoms with Crippen LogP contribution in [0.2, 0.25) is 0 Å². The lowest BCUT2D eigenvalue weighted by Gasteiger charge is -2.47. The van der Waals surface area contributed by atoms with Crippen LogP contribution < -0.4 is 0 Å². The SMILES string of the molecule is CC1CCCCCCCCCSC(C)N1CC1C2CCCC1CCC2. The molecule has 0 aromatic rings. The maximum atomic E-state index is 2.95. The summed E-state index contributed by atoms with van der Waals surface area (Å²) < 4.78 is 0. The Morgan fingerprint density at radius 3 is 1.88 bits per heavy atom. The van der Waals surface area contributed by atoms with Gasteiger partial charge in [-0.3, -0.25) is 4.90 Å². The molecule has 0 spiro atoms. The number of hydrogen-bond donors (Lipinski definition) is 0. The van der Waals surface area contributed by atoms with Gasteiger partial charge in [0.05, 0.1) is 5.37 Å². The van der Waals surface area contributed by atoms with Gasteiger partial charge in [0, 0.05) is 12.6 Å². The second kappa shape index (κ2) is 10.6. The average Bonchev–Trinajstić information content (AvgIpc) is 2.61. The van der Waals surface area contributed by atoms with E-state index in [1.165, 1.54) is 102 Å². The van der Waals surface area contributed by atoms with Gasteiger partial charge in [-0.05, 0) is 50.2 Å².